The molecule has 2 aliphatic rings. The van der Waals surface area contributed by atoms with Gasteiger partial charge < -0.3 is 15.0 Å². The molecule has 0 saturated carbocycles. The number of methoxy groups -OCH3 is 1. The smallest absolute Gasteiger partial charge is 0.246 e. The molecule has 1 aromatic carbocycles. The van der Waals surface area contributed by atoms with Crippen LogP contribution in [0.2, 0.25) is 0 Å². The zero-order valence-corrected chi connectivity index (χ0v) is 13.9. The van der Waals surface area contributed by atoms with E-state index in [1.54, 1.807) is 12.0 Å². The van der Waals surface area contributed by atoms with E-state index >= 15 is 0 Å². The molecule has 2 heterocycles. The molecule has 0 aromatic heterocycles. The second-order valence-electron chi connectivity index (χ2n) is 5.39. The third kappa shape index (κ3) is 2.61. The van der Waals surface area contributed by atoms with Gasteiger partial charge in [0, 0.05) is 13.0 Å². The molecule has 2 saturated heterocycles. The van der Waals surface area contributed by atoms with Crippen LogP contribution in [-0.2, 0) is 16.0 Å². The lowest BCUT2D eigenvalue weighted by molar-refractivity contribution is -0.146. The summed E-state index contributed by atoms with van der Waals surface area (Å²) in [6, 6.07) is 5.05. The average Bonchev–Trinajstić information content (AvgIpc) is 2.97. The summed E-state index contributed by atoms with van der Waals surface area (Å²) >= 11 is 2.22. The number of rotatable bonds is 3. The fraction of sp³-hybridized carbons (Fsp3) is 0.467. The third-order valence-corrected chi connectivity index (χ3v) is 5.36. The Labute approximate surface area is 137 Å². The van der Waals surface area contributed by atoms with Crippen molar-refractivity contribution in [1.82, 2.24) is 10.2 Å². The van der Waals surface area contributed by atoms with E-state index in [0.29, 0.717) is 13.0 Å². The van der Waals surface area contributed by atoms with E-state index in [1.807, 2.05) is 18.2 Å². The van der Waals surface area contributed by atoms with Gasteiger partial charge in [-0.1, -0.05) is 12.1 Å². The molecule has 1 N–H and O–H groups in total. The van der Waals surface area contributed by atoms with Crippen molar-refractivity contribution in [3.63, 3.8) is 0 Å². The van der Waals surface area contributed by atoms with Gasteiger partial charge in [0.1, 0.15) is 17.8 Å². The first kappa shape index (κ1) is 14.6. The predicted octanol–water partition coefficient (Wildman–Crippen LogP) is 1.33. The fourth-order valence-electron chi connectivity index (χ4n) is 3.06. The van der Waals surface area contributed by atoms with Crippen molar-refractivity contribution in [2.75, 3.05) is 13.7 Å². The van der Waals surface area contributed by atoms with E-state index in [9.17, 15) is 9.59 Å². The van der Waals surface area contributed by atoms with Crippen molar-refractivity contribution in [2.24, 2.45) is 0 Å². The Hall–Kier alpha value is -1.31. The molecule has 2 atom stereocenters. The minimum absolute atomic E-state index is 0.0185. The van der Waals surface area contributed by atoms with E-state index < -0.39 is 6.04 Å². The lowest BCUT2D eigenvalue weighted by Crippen LogP contribution is -2.61. The molecule has 6 heteroatoms. The molecular weight excluding hydrogens is 383 g/mol. The largest absolute Gasteiger partial charge is 0.496 e. The third-order valence-electron chi connectivity index (χ3n) is 4.14. The number of hydrogen-bond acceptors (Lipinski definition) is 3. The summed E-state index contributed by atoms with van der Waals surface area (Å²) in [5.74, 6) is 0.812. The van der Waals surface area contributed by atoms with Crippen LogP contribution in [0.1, 0.15) is 18.4 Å². The Morgan fingerprint density at radius 1 is 1.43 bits per heavy atom. The Kier molecular flexibility index (Phi) is 4.05. The summed E-state index contributed by atoms with van der Waals surface area (Å²) in [5, 5.41) is 2.88. The van der Waals surface area contributed by atoms with Gasteiger partial charge >= 0.3 is 0 Å². The molecule has 1 unspecified atom stereocenters. The molecule has 3 rings (SSSR count). The van der Waals surface area contributed by atoms with Crippen LogP contribution in [0, 0.1) is 3.57 Å². The summed E-state index contributed by atoms with van der Waals surface area (Å²) in [5.41, 5.74) is 1.02. The lowest BCUT2D eigenvalue weighted by Gasteiger charge is -2.34. The highest BCUT2D eigenvalue weighted by Crippen LogP contribution is 2.27. The summed E-state index contributed by atoms with van der Waals surface area (Å²) < 4.78 is 6.29. The van der Waals surface area contributed by atoms with Gasteiger partial charge in [-0.2, -0.15) is 0 Å². The number of benzene rings is 1. The molecule has 5 nitrogen and oxygen atoms in total. The summed E-state index contributed by atoms with van der Waals surface area (Å²) in [4.78, 5) is 26.3. The molecule has 0 bridgehead atoms. The van der Waals surface area contributed by atoms with Crippen molar-refractivity contribution < 1.29 is 14.3 Å². The van der Waals surface area contributed by atoms with E-state index in [-0.39, 0.29) is 17.9 Å². The molecule has 2 amide bonds. The molecule has 2 fully saturated rings. The Bertz CT molecular complexity index is 590. The van der Waals surface area contributed by atoms with Crippen LogP contribution in [0.25, 0.3) is 0 Å². The molecule has 2 aliphatic heterocycles. The maximum atomic E-state index is 12.5. The van der Waals surface area contributed by atoms with Crippen molar-refractivity contribution >= 4 is 34.4 Å². The van der Waals surface area contributed by atoms with Gasteiger partial charge in [0.2, 0.25) is 11.8 Å². The number of amides is 2. The first-order chi connectivity index (χ1) is 10.1. The summed E-state index contributed by atoms with van der Waals surface area (Å²) in [7, 11) is 1.63. The zero-order chi connectivity index (χ0) is 15.0. The molecule has 0 aliphatic carbocycles. The highest BCUT2D eigenvalue weighted by Gasteiger charge is 2.42. The lowest BCUT2D eigenvalue weighted by atomic mass is 10.0. The highest BCUT2D eigenvalue weighted by molar-refractivity contribution is 14.1. The summed E-state index contributed by atoms with van der Waals surface area (Å²) in [6.45, 7) is 0.697. The van der Waals surface area contributed by atoms with Crippen molar-refractivity contribution in [3.8, 4) is 5.75 Å². The van der Waals surface area contributed by atoms with Gasteiger partial charge in [-0.05, 0) is 47.1 Å². The number of ether oxygens (including phenoxy) is 1. The number of hydrogen-bond donors (Lipinski definition) is 1. The average molecular weight is 400 g/mol. The number of piperazine rings is 1. The maximum Gasteiger partial charge on any atom is 0.246 e. The van der Waals surface area contributed by atoms with E-state index in [1.165, 1.54) is 0 Å². The standard InChI is InChI=1S/C15H17IN2O3/c1-21-12-6-2-4-9(13(12)16)8-10-15(20)18-7-3-5-11(18)14(19)17-10/h2,4,6,10-11H,3,5,7-8H2,1H3,(H,17,19)/t10?,11-/m0/s1. The van der Waals surface area contributed by atoms with E-state index in [4.69, 9.17) is 4.74 Å². The van der Waals surface area contributed by atoms with Crippen molar-refractivity contribution in [1.29, 1.82) is 0 Å². The van der Waals surface area contributed by atoms with E-state index in [2.05, 4.69) is 27.9 Å². The normalized spacial score (nSPS) is 24.8. The van der Waals surface area contributed by atoms with Crippen molar-refractivity contribution in [3.05, 3.63) is 27.3 Å². The van der Waals surface area contributed by atoms with Crippen LogP contribution in [-0.4, -0.2) is 42.5 Å². The van der Waals surface area contributed by atoms with Crippen LogP contribution in [0.15, 0.2) is 18.2 Å². The van der Waals surface area contributed by atoms with Gasteiger partial charge in [0.15, 0.2) is 0 Å². The second kappa shape index (κ2) is 5.82. The first-order valence-electron chi connectivity index (χ1n) is 7.04. The SMILES string of the molecule is COc1cccc(CC2NC(=O)[C@@H]3CCCN3C2=O)c1I. The van der Waals surface area contributed by atoms with Crippen LogP contribution in [0.3, 0.4) is 0 Å². The maximum absolute atomic E-state index is 12.5. The van der Waals surface area contributed by atoms with Gasteiger partial charge in [0.25, 0.3) is 0 Å². The number of nitrogens with zero attached hydrogens (tertiary/aromatic N) is 1. The van der Waals surface area contributed by atoms with Crippen molar-refractivity contribution in [2.45, 2.75) is 31.3 Å². The number of nitrogens with one attached hydrogen (secondary N) is 1. The number of carbonyl (C=O) groups excluding carboxylic acids is 2. The molecule has 0 spiro atoms. The Balaban J connectivity index is 1.82. The van der Waals surface area contributed by atoms with Gasteiger partial charge in [-0.3, -0.25) is 9.59 Å². The summed E-state index contributed by atoms with van der Waals surface area (Å²) in [6.07, 6.45) is 2.19. The fourth-order valence-corrected chi connectivity index (χ4v) is 3.86. The quantitative estimate of drug-likeness (QED) is 0.780. The minimum Gasteiger partial charge on any atom is -0.496 e. The Morgan fingerprint density at radius 2 is 2.24 bits per heavy atom. The zero-order valence-electron chi connectivity index (χ0n) is 11.8. The first-order valence-corrected chi connectivity index (χ1v) is 8.12. The van der Waals surface area contributed by atoms with Crippen LogP contribution < -0.4 is 10.1 Å². The van der Waals surface area contributed by atoms with Crippen LogP contribution >= 0.6 is 22.6 Å². The molecule has 0 radical (unpaired) electrons. The molecule has 112 valence electrons. The number of halogens is 1. The molecule has 1 aromatic rings. The minimum atomic E-state index is -0.465. The number of fused-ring (bicyclic) bond motifs is 1. The van der Waals surface area contributed by atoms with E-state index in [0.717, 1.165) is 27.7 Å². The second-order valence-corrected chi connectivity index (χ2v) is 6.47. The predicted molar refractivity (Wildman–Crippen MR) is 86.1 cm³/mol. The van der Waals surface area contributed by atoms with Gasteiger partial charge in [-0.25, -0.2) is 0 Å². The highest BCUT2D eigenvalue weighted by atomic mass is 127. The molecule has 21 heavy (non-hydrogen) atoms. The molecular formula is C15H17IN2O3. The Morgan fingerprint density at radius 3 is 3.00 bits per heavy atom. The topological polar surface area (TPSA) is 58.6 Å². The monoisotopic (exact) mass is 400 g/mol. The van der Waals surface area contributed by atoms with Crippen LogP contribution in [0.5, 0.6) is 5.75 Å². The van der Waals surface area contributed by atoms with Gasteiger partial charge in [0.05, 0.1) is 10.7 Å². The van der Waals surface area contributed by atoms with Gasteiger partial charge in [-0.15, -0.1) is 0 Å². The van der Waals surface area contributed by atoms with Crippen LogP contribution in [0.4, 0.5) is 0 Å². The number of carbonyl (C=O) groups is 2.